The normalized spacial score (nSPS) is 11.3. The first kappa shape index (κ1) is 17.9. The van der Waals surface area contributed by atoms with Gasteiger partial charge in [0.2, 0.25) is 10.0 Å². The van der Waals surface area contributed by atoms with Crippen LogP contribution in [-0.4, -0.2) is 39.4 Å². The fourth-order valence-electron chi connectivity index (χ4n) is 1.91. The SMILES string of the molecule is COc1ccccc1OC(=O)CN(C)S(=O)(=O)c1ccc(F)cc1. The summed E-state index contributed by atoms with van der Waals surface area (Å²) in [5.41, 5.74) is 0. The van der Waals surface area contributed by atoms with Gasteiger partial charge in [0.25, 0.3) is 0 Å². The smallest absolute Gasteiger partial charge is 0.326 e. The largest absolute Gasteiger partial charge is 0.493 e. The van der Waals surface area contributed by atoms with Gasteiger partial charge in [-0.15, -0.1) is 0 Å². The summed E-state index contributed by atoms with van der Waals surface area (Å²) < 4.78 is 48.6. The zero-order valence-corrected chi connectivity index (χ0v) is 13.9. The molecule has 24 heavy (non-hydrogen) atoms. The van der Waals surface area contributed by atoms with Crippen LogP contribution in [0.1, 0.15) is 0 Å². The van der Waals surface area contributed by atoms with Crippen LogP contribution < -0.4 is 9.47 Å². The molecule has 0 amide bonds. The zero-order valence-electron chi connectivity index (χ0n) is 13.1. The third-order valence-electron chi connectivity index (χ3n) is 3.17. The second kappa shape index (κ2) is 7.41. The molecule has 2 aromatic rings. The summed E-state index contributed by atoms with van der Waals surface area (Å²) in [5.74, 6) is -0.771. The zero-order chi connectivity index (χ0) is 17.7. The van der Waals surface area contributed by atoms with Gasteiger partial charge >= 0.3 is 5.97 Å². The first-order chi connectivity index (χ1) is 11.3. The van der Waals surface area contributed by atoms with E-state index in [-0.39, 0.29) is 10.6 Å². The minimum Gasteiger partial charge on any atom is -0.493 e. The van der Waals surface area contributed by atoms with Gasteiger partial charge in [-0.1, -0.05) is 12.1 Å². The van der Waals surface area contributed by atoms with Gasteiger partial charge < -0.3 is 9.47 Å². The van der Waals surface area contributed by atoms with E-state index in [1.165, 1.54) is 20.2 Å². The van der Waals surface area contributed by atoms with Crippen molar-refractivity contribution >= 4 is 16.0 Å². The molecule has 0 aliphatic carbocycles. The van der Waals surface area contributed by atoms with Gasteiger partial charge in [-0.3, -0.25) is 4.79 Å². The highest BCUT2D eigenvalue weighted by atomic mass is 32.2. The number of sulfonamides is 1. The first-order valence-electron chi connectivity index (χ1n) is 6.90. The molecule has 0 fully saturated rings. The maximum atomic E-state index is 12.9. The molecular formula is C16H16FNO5S. The van der Waals surface area contributed by atoms with E-state index >= 15 is 0 Å². The summed E-state index contributed by atoms with van der Waals surface area (Å²) in [7, 11) is -1.26. The predicted molar refractivity (Wildman–Crippen MR) is 84.8 cm³/mol. The Morgan fingerprint density at radius 2 is 1.67 bits per heavy atom. The van der Waals surface area contributed by atoms with Crippen molar-refractivity contribution in [3.63, 3.8) is 0 Å². The first-order valence-corrected chi connectivity index (χ1v) is 8.34. The molecule has 0 aliphatic rings. The number of carbonyl (C=O) groups excluding carboxylic acids is 1. The number of para-hydroxylation sites is 2. The number of benzene rings is 2. The molecular weight excluding hydrogens is 337 g/mol. The average molecular weight is 353 g/mol. The quantitative estimate of drug-likeness (QED) is 0.587. The molecule has 128 valence electrons. The number of esters is 1. The topological polar surface area (TPSA) is 72.9 Å². The van der Waals surface area contributed by atoms with E-state index in [4.69, 9.17) is 9.47 Å². The van der Waals surface area contributed by atoms with E-state index in [1.54, 1.807) is 18.2 Å². The molecule has 8 heteroatoms. The van der Waals surface area contributed by atoms with Crippen molar-refractivity contribution in [1.29, 1.82) is 0 Å². The fraction of sp³-hybridized carbons (Fsp3) is 0.188. The molecule has 0 atom stereocenters. The third kappa shape index (κ3) is 4.09. The number of methoxy groups -OCH3 is 1. The number of nitrogens with zero attached hydrogens (tertiary/aromatic N) is 1. The highest BCUT2D eigenvalue weighted by molar-refractivity contribution is 7.89. The van der Waals surface area contributed by atoms with Gasteiger partial charge in [0.1, 0.15) is 12.4 Å². The van der Waals surface area contributed by atoms with Crippen molar-refractivity contribution in [3.05, 3.63) is 54.3 Å². The van der Waals surface area contributed by atoms with Crippen molar-refractivity contribution in [3.8, 4) is 11.5 Å². The average Bonchev–Trinajstić information content (AvgIpc) is 2.55. The second-order valence-electron chi connectivity index (χ2n) is 4.84. The van der Waals surface area contributed by atoms with Crippen LogP contribution in [0.25, 0.3) is 0 Å². The lowest BCUT2D eigenvalue weighted by Gasteiger charge is -2.16. The molecule has 0 bridgehead atoms. The van der Waals surface area contributed by atoms with Crippen LogP contribution in [0, 0.1) is 5.82 Å². The number of hydrogen-bond acceptors (Lipinski definition) is 5. The molecule has 0 saturated heterocycles. The van der Waals surface area contributed by atoms with Crippen LogP contribution in [0.4, 0.5) is 4.39 Å². The van der Waals surface area contributed by atoms with Gasteiger partial charge in [0.05, 0.1) is 12.0 Å². The standard InChI is InChI=1S/C16H16FNO5S/c1-18(24(20,21)13-9-7-12(17)8-10-13)11-16(19)23-15-6-4-3-5-14(15)22-2/h3-10H,11H2,1-2H3. The van der Waals surface area contributed by atoms with Crippen LogP contribution in [0.5, 0.6) is 11.5 Å². The molecule has 0 aromatic heterocycles. The summed E-state index contributed by atoms with van der Waals surface area (Å²) in [6, 6.07) is 10.8. The highest BCUT2D eigenvalue weighted by Gasteiger charge is 2.24. The van der Waals surface area contributed by atoms with Crippen molar-refractivity contribution in [2.75, 3.05) is 20.7 Å². The number of carbonyl (C=O) groups is 1. The summed E-state index contributed by atoms with van der Waals surface area (Å²) in [4.78, 5) is 11.9. The van der Waals surface area contributed by atoms with E-state index in [0.717, 1.165) is 28.6 Å². The van der Waals surface area contributed by atoms with Crippen molar-refractivity contribution in [2.45, 2.75) is 4.90 Å². The molecule has 6 nitrogen and oxygen atoms in total. The summed E-state index contributed by atoms with van der Waals surface area (Å²) in [5, 5.41) is 0. The Hall–Kier alpha value is -2.45. The summed E-state index contributed by atoms with van der Waals surface area (Å²) in [6.45, 7) is -0.502. The molecule has 2 aromatic carbocycles. The number of ether oxygens (including phenoxy) is 2. The highest BCUT2D eigenvalue weighted by Crippen LogP contribution is 2.26. The minimum atomic E-state index is -3.92. The Morgan fingerprint density at radius 3 is 2.25 bits per heavy atom. The lowest BCUT2D eigenvalue weighted by molar-refractivity contribution is -0.134. The Kier molecular flexibility index (Phi) is 5.53. The Balaban J connectivity index is 2.09. The van der Waals surface area contributed by atoms with Gasteiger partial charge in [-0.05, 0) is 36.4 Å². The molecule has 2 rings (SSSR count). The second-order valence-corrected chi connectivity index (χ2v) is 6.88. The lowest BCUT2D eigenvalue weighted by atomic mass is 10.3. The van der Waals surface area contributed by atoms with E-state index in [1.807, 2.05) is 0 Å². The maximum Gasteiger partial charge on any atom is 0.326 e. The molecule has 0 aliphatic heterocycles. The van der Waals surface area contributed by atoms with Gasteiger partial charge in [-0.2, -0.15) is 4.31 Å². The predicted octanol–water partition coefficient (Wildman–Crippen LogP) is 2.06. The van der Waals surface area contributed by atoms with Crippen LogP contribution in [0.2, 0.25) is 0 Å². The van der Waals surface area contributed by atoms with Crippen LogP contribution in [0.3, 0.4) is 0 Å². The van der Waals surface area contributed by atoms with Crippen LogP contribution in [-0.2, 0) is 14.8 Å². The number of hydrogen-bond donors (Lipinski definition) is 0. The molecule has 0 heterocycles. The summed E-state index contributed by atoms with van der Waals surface area (Å²) >= 11 is 0. The molecule has 0 spiro atoms. The lowest BCUT2D eigenvalue weighted by Crippen LogP contribution is -2.34. The van der Waals surface area contributed by atoms with E-state index in [0.29, 0.717) is 5.75 Å². The molecule has 0 unspecified atom stereocenters. The van der Waals surface area contributed by atoms with Crippen LogP contribution in [0.15, 0.2) is 53.4 Å². The molecule has 0 radical (unpaired) electrons. The fourth-order valence-corrected chi connectivity index (χ4v) is 3.03. The van der Waals surface area contributed by atoms with Crippen molar-refractivity contribution < 1.29 is 27.1 Å². The van der Waals surface area contributed by atoms with Crippen LogP contribution >= 0.6 is 0 Å². The van der Waals surface area contributed by atoms with E-state index in [2.05, 4.69) is 0 Å². The maximum absolute atomic E-state index is 12.9. The van der Waals surface area contributed by atoms with E-state index < -0.39 is 28.4 Å². The van der Waals surface area contributed by atoms with Crippen molar-refractivity contribution in [1.82, 2.24) is 4.31 Å². The van der Waals surface area contributed by atoms with E-state index in [9.17, 15) is 17.6 Å². The van der Waals surface area contributed by atoms with Gasteiger partial charge in [0.15, 0.2) is 11.5 Å². The monoisotopic (exact) mass is 353 g/mol. The Bertz CT molecular complexity index is 821. The van der Waals surface area contributed by atoms with Crippen molar-refractivity contribution in [2.24, 2.45) is 0 Å². The van der Waals surface area contributed by atoms with Gasteiger partial charge in [0, 0.05) is 7.05 Å². The third-order valence-corrected chi connectivity index (χ3v) is 4.98. The summed E-state index contributed by atoms with van der Waals surface area (Å²) in [6.07, 6.45) is 0. The number of halogens is 1. The minimum absolute atomic E-state index is 0.114. The Labute approximate surface area is 139 Å². The number of likely N-dealkylation sites (N-methyl/N-ethyl adjacent to an activating group) is 1. The van der Waals surface area contributed by atoms with Gasteiger partial charge in [-0.25, -0.2) is 12.8 Å². The Morgan fingerprint density at radius 1 is 1.08 bits per heavy atom. The molecule has 0 saturated carbocycles. The number of rotatable bonds is 6. The molecule has 0 N–H and O–H groups in total.